The fourth-order valence-electron chi connectivity index (χ4n) is 1.42. The largest absolute Gasteiger partial charge is 0.326 e. The second-order valence-electron chi connectivity index (χ2n) is 5.42. The van der Waals surface area contributed by atoms with Gasteiger partial charge < -0.3 is 5.32 Å². The Bertz CT molecular complexity index is 637. The molecule has 0 saturated carbocycles. The highest BCUT2D eigenvalue weighted by Crippen LogP contribution is 2.17. The van der Waals surface area contributed by atoms with Gasteiger partial charge in [-0.15, -0.1) is 0 Å². The molecular weight excluding hydrogens is 276 g/mol. The van der Waals surface area contributed by atoms with Crippen molar-refractivity contribution in [2.45, 2.75) is 31.9 Å². The molecule has 1 aromatic rings. The first-order chi connectivity index (χ1) is 9.15. The van der Waals surface area contributed by atoms with Crippen LogP contribution in [0.2, 0.25) is 0 Å². The minimum Gasteiger partial charge on any atom is -0.326 e. The molecule has 1 aromatic carbocycles. The van der Waals surface area contributed by atoms with Crippen molar-refractivity contribution in [3.63, 3.8) is 0 Å². The van der Waals surface area contributed by atoms with Gasteiger partial charge in [-0.25, -0.2) is 8.42 Å². The Morgan fingerprint density at radius 3 is 2.55 bits per heavy atom. The molecule has 108 valence electrons. The Kier molecular flexibility index (Phi) is 4.90. The van der Waals surface area contributed by atoms with E-state index in [0.717, 1.165) is 0 Å². The van der Waals surface area contributed by atoms with Crippen LogP contribution < -0.4 is 5.32 Å². The van der Waals surface area contributed by atoms with E-state index in [4.69, 9.17) is 5.26 Å². The van der Waals surface area contributed by atoms with E-state index in [-0.39, 0.29) is 18.1 Å². The van der Waals surface area contributed by atoms with E-state index in [0.29, 0.717) is 11.3 Å². The molecule has 6 heteroatoms. The first-order valence-corrected chi connectivity index (χ1v) is 7.83. The van der Waals surface area contributed by atoms with E-state index >= 15 is 0 Å². The molecule has 0 unspecified atom stereocenters. The van der Waals surface area contributed by atoms with Crippen LogP contribution in [0.25, 0.3) is 0 Å². The number of amides is 1. The van der Waals surface area contributed by atoms with Crippen LogP contribution in [-0.2, 0) is 14.6 Å². The Morgan fingerprint density at radius 2 is 2.00 bits per heavy atom. The van der Waals surface area contributed by atoms with Gasteiger partial charge in [-0.05, 0) is 39.0 Å². The molecule has 0 atom stereocenters. The van der Waals surface area contributed by atoms with Gasteiger partial charge in [0, 0.05) is 12.1 Å². The van der Waals surface area contributed by atoms with Crippen LogP contribution in [0.5, 0.6) is 0 Å². The van der Waals surface area contributed by atoms with Gasteiger partial charge in [-0.1, -0.05) is 6.07 Å². The van der Waals surface area contributed by atoms with Gasteiger partial charge in [0.15, 0.2) is 9.84 Å². The van der Waals surface area contributed by atoms with Gasteiger partial charge in [-0.3, -0.25) is 4.79 Å². The molecule has 0 aliphatic rings. The Hall–Kier alpha value is -1.87. The molecule has 20 heavy (non-hydrogen) atoms. The van der Waals surface area contributed by atoms with E-state index in [1.165, 1.54) is 6.07 Å². The minimum atomic E-state index is -3.31. The van der Waals surface area contributed by atoms with E-state index in [1.54, 1.807) is 39.0 Å². The molecule has 0 saturated heterocycles. The Balaban J connectivity index is 2.64. The summed E-state index contributed by atoms with van der Waals surface area (Å²) in [7, 11) is -3.31. The monoisotopic (exact) mass is 294 g/mol. The van der Waals surface area contributed by atoms with Crippen molar-refractivity contribution >= 4 is 21.4 Å². The number of hydrogen-bond donors (Lipinski definition) is 1. The lowest BCUT2D eigenvalue weighted by atomic mass is 10.2. The molecule has 1 N–H and O–H groups in total. The van der Waals surface area contributed by atoms with Gasteiger partial charge in [-0.2, -0.15) is 5.26 Å². The molecule has 0 aromatic heterocycles. The number of nitrogens with zero attached hydrogens (tertiary/aromatic N) is 1. The summed E-state index contributed by atoms with van der Waals surface area (Å²) in [6.45, 7) is 4.82. The smallest absolute Gasteiger partial charge is 0.225 e. The molecular formula is C14H18N2O3S. The van der Waals surface area contributed by atoms with Crippen LogP contribution in [0.4, 0.5) is 5.69 Å². The molecule has 1 rings (SSSR count). The van der Waals surface area contributed by atoms with Gasteiger partial charge in [0.1, 0.15) is 0 Å². The third-order valence-corrected chi connectivity index (χ3v) is 5.41. The summed E-state index contributed by atoms with van der Waals surface area (Å²) >= 11 is 0. The van der Waals surface area contributed by atoms with Crippen molar-refractivity contribution in [2.24, 2.45) is 0 Å². The molecule has 0 aliphatic carbocycles. The van der Waals surface area contributed by atoms with Crippen LogP contribution in [0.15, 0.2) is 24.3 Å². The lowest BCUT2D eigenvalue weighted by molar-refractivity contribution is -0.115. The second kappa shape index (κ2) is 6.06. The second-order valence-corrected chi connectivity index (χ2v) is 8.28. The first-order valence-electron chi connectivity index (χ1n) is 6.18. The number of hydrogen-bond acceptors (Lipinski definition) is 4. The topological polar surface area (TPSA) is 87.0 Å². The molecule has 0 fully saturated rings. The molecule has 0 aliphatic heterocycles. The molecule has 0 heterocycles. The van der Waals surface area contributed by atoms with Gasteiger partial charge in [0.05, 0.1) is 22.1 Å². The summed E-state index contributed by atoms with van der Waals surface area (Å²) < 4.78 is 22.9. The number of carbonyl (C=O) groups excluding carboxylic acids is 1. The zero-order valence-electron chi connectivity index (χ0n) is 11.8. The van der Waals surface area contributed by atoms with E-state index < -0.39 is 14.6 Å². The maximum Gasteiger partial charge on any atom is 0.225 e. The third kappa shape index (κ3) is 4.35. The highest BCUT2D eigenvalue weighted by atomic mass is 32.2. The highest BCUT2D eigenvalue weighted by Gasteiger charge is 2.29. The summed E-state index contributed by atoms with van der Waals surface area (Å²) in [5.41, 5.74) is 0.923. The maximum absolute atomic E-state index is 11.9. The van der Waals surface area contributed by atoms with Crippen molar-refractivity contribution in [3.05, 3.63) is 29.8 Å². The molecule has 1 amide bonds. The predicted molar refractivity (Wildman–Crippen MR) is 77.9 cm³/mol. The Labute approximate surface area is 119 Å². The minimum absolute atomic E-state index is 0.101. The molecule has 5 nitrogen and oxygen atoms in total. The van der Waals surface area contributed by atoms with E-state index in [9.17, 15) is 13.2 Å². The van der Waals surface area contributed by atoms with Gasteiger partial charge in [0.2, 0.25) is 5.91 Å². The van der Waals surface area contributed by atoms with Crippen LogP contribution in [0.3, 0.4) is 0 Å². The number of nitriles is 1. The number of rotatable bonds is 4. The third-order valence-electron chi connectivity index (χ3n) is 2.81. The normalized spacial score (nSPS) is 11.7. The van der Waals surface area contributed by atoms with Crippen LogP contribution in [0, 0.1) is 11.3 Å². The van der Waals surface area contributed by atoms with Crippen LogP contribution in [0.1, 0.15) is 32.8 Å². The maximum atomic E-state index is 11.9. The van der Waals surface area contributed by atoms with Gasteiger partial charge >= 0.3 is 0 Å². The quantitative estimate of drug-likeness (QED) is 0.921. The average Bonchev–Trinajstić information content (AvgIpc) is 2.35. The lowest BCUT2D eigenvalue weighted by Crippen LogP contribution is -2.32. The van der Waals surface area contributed by atoms with Crippen molar-refractivity contribution in [1.29, 1.82) is 5.26 Å². The molecule has 0 radical (unpaired) electrons. The van der Waals surface area contributed by atoms with E-state index in [2.05, 4.69) is 5.32 Å². The summed E-state index contributed by atoms with van der Waals surface area (Å²) in [5.74, 6) is -0.576. The van der Waals surface area contributed by atoms with Crippen molar-refractivity contribution in [2.75, 3.05) is 11.1 Å². The number of carbonyl (C=O) groups is 1. The fourth-order valence-corrected chi connectivity index (χ4v) is 2.49. The fraction of sp³-hybridized carbons (Fsp3) is 0.429. The standard InChI is InChI=1S/C14H18N2O3S/c1-14(2,3)20(18,19)8-7-13(17)16-12-6-4-5-11(9-12)10-15/h4-6,9H,7-8H2,1-3H3,(H,16,17). The molecule has 0 spiro atoms. The lowest BCUT2D eigenvalue weighted by Gasteiger charge is -2.18. The summed E-state index contributed by atoms with van der Waals surface area (Å²) in [5, 5.41) is 11.3. The summed E-state index contributed by atoms with van der Waals surface area (Å²) in [4.78, 5) is 11.7. The number of anilines is 1. The summed E-state index contributed by atoms with van der Waals surface area (Å²) in [6, 6.07) is 8.43. The van der Waals surface area contributed by atoms with Crippen LogP contribution >= 0.6 is 0 Å². The number of nitrogens with one attached hydrogen (secondary N) is 1. The van der Waals surface area contributed by atoms with Gasteiger partial charge in [0.25, 0.3) is 0 Å². The Morgan fingerprint density at radius 1 is 1.35 bits per heavy atom. The van der Waals surface area contributed by atoms with Crippen molar-refractivity contribution in [1.82, 2.24) is 0 Å². The number of sulfone groups is 1. The zero-order chi connectivity index (χ0) is 15.4. The predicted octanol–water partition coefficient (Wildman–Crippen LogP) is 2.10. The van der Waals surface area contributed by atoms with Crippen molar-refractivity contribution in [3.8, 4) is 6.07 Å². The average molecular weight is 294 g/mol. The van der Waals surface area contributed by atoms with Crippen LogP contribution in [-0.4, -0.2) is 24.8 Å². The van der Waals surface area contributed by atoms with E-state index in [1.807, 2.05) is 6.07 Å². The van der Waals surface area contributed by atoms with Crippen molar-refractivity contribution < 1.29 is 13.2 Å². The SMILES string of the molecule is CC(C)(C)S(=O)(=O)CCC(=O)Nc1cccc(C#N)c1. The zero-order valence-corrected chi connectivity index (χ0v) is 12.6. The molecule has 0 bridgehead atoms. The summed E-state index contributed by atoms with van der Waals surface area (Å²) in [6.07, 6.45) is -0.101. The number of benzene rings is 1. The highest BCUT2D eigenvalue weighted by molar-refractivity contribution is 7.92. The first kappa shape index (κ1) is 16.2.